The average Bonchev–Trinajstić information content (AvgIpc) is 2.36. The van der Waals surface area contributed by atoms with Crippen molar-refractivity contribution in [3.8, 4) is 0 Å². The molecule has 0 spiro atoms. The quantitative estimate of drug-likeness (QED) is 0.825. The van der Waals surface area contributed by atoms with Crippen LogP contribution in [0.2, 0.25) is 5.02 Å². The molecule has 2 rings (SSSR count). The van der Waals surface area contributed by atoms with Crippen LogP contribution in [0.1, 0.15) is 16.7 Å². The smallest absolute Gasteiger partial charge is 0.124 e. The van der Waals surface area contributed by atoms with Crippen LogP contribution in [0.25, 0.3) is 0 Å². The van der Waals surface area contributed by atoms with E-state index < -0.39 is 10.8 Å². The highest BCUT2D eigenvalue weighted by atomic mass is 35.5. The molecule has 100 valence electrons. The molecule has 0 amide bonds. The van der Waals surface area contributed by atoms with E-state index in [1.165, 1.54) is 12.1 Å². The number of benzene rings is 2. The fourth-order valence-electron chi connectivity index (χ4n) is 1.81. The van der Waals surface area contributed by atoms with E-state index in [1.807, 2.05) is 31.2 Å². The Balaban J connectivity index is 2.08. The molecule has 2 aromatic carbocycles. The van der Waals surface area contributed by atoms with Crippen LogP contribution in [0.15, 0.2) is 42.5 Å². The predicted molar refractivity (Wildman–Crippen MR) is 78.1 cm³/mol. The first-order valence-electron chi connectivity index (χ1n) is 5.89. The number of aryl methyl sites for hydroxylation is 1. The second kappa shape index (κ2) is 6.31. The van der Waals surface area contributed by atoms with Crippen LogP contribution in [0, 0.1) is 12.7 Å². The van der Waals surface area contributed by atoms with E-state index in [9.17, 15) is 8.60 Å². The Morgan fingerprint density at radius 2 is 1.79 bits per heavy atom. The molecule has 0 heterocycles. The summed E-state index contributed by atoms with van der Waals surface area (Å²) < 4.78 is 25.1. The maximum Gasteiger partial charge on any atom is 0.124 e. The van der Waals surface area contributed by atoms with Gasteiger partial charge in [-0.2, -0.15) is 0 Å². The van der Waals surface area contributed by atoms with Crippen molar-refractivity contribution in [1.82, 2.24) is 0 Å². The SMILES string of the molecule is Cc1ccccc1C[S@](=O)Cc1ccc(F)cc1Cl. The van der Waals surface area contributed by atoms with Gasteiger partial charge in [-0.15, -0.1) is 0 Å². The number of rotatable bonds is 4. The van der Waals surface area contributed by atoms with Crippen molar-refractivity contribution in [3.05, 3.63) is 70.0 Å². The average molecular weight is 297 g/mol. The molecule has 1 nitrogen and oxygen atoms in total. The van der Waals surface area contributed by atoms with Gasteiger partial charge in [-0.25, -0.2) is 4.39 Å². The molecule has 0 aliphatic carbocycles. The topological polar surface area (TPSA) is 17.1 Å². The molecule has 0 fully saturated rings. The van der Waals surface area contributed by atoms with Crippen LogP contribution in [0.3, 0.4) is 0 Å². The van der Waals surface area contributed by atoms with Crippen LogP contribution in [0.4, 0.5) is 4.39 Å². The van der Waals surface area contributed by atoms with E-state index in [-0.39, 0.29) is 5.82 Å². The van der Waals surface area contributed by atoms with E-state index in [0.717, 1.165) is 16.7 Å². The number of halogens is 2. The summed E-state index contributed by atoms with van der Waals surface area (Å²) >= 11 is 5.93. The van der Waals surface area contributed by atoms with Crippen LogP contribution in [0.5, 0.6) is 0 Å². The molecule has 0 radical (unpaired) electrons. The van der Waals surface area contributed by atoms with Gasteiger partial charge in [-0.1, -0.05) is 41.9 Å². The molecule has 4 heteroatoms. The number of hydrogen-bond acceptors (Lipinski definition) is 1. The molecule has 0 bridgehead atoms. The van der Waals surface area contributed by atoms with Gasteiger partial charge < -0.3 is 0 Å². The fraction of sp³-hybridized carbons (Fsp3) is 0.200. The molecule has 0 N–H and O–H groups in total. The highest BCUT2D eigenvalue weighted by Gasteiger charge is 2.08. The van der Waals surface area contributed by atoms with Gasteiger partial charge in [0.05, 0.1) is 5.75 Å². The summed E-state index contributed by atoms with van der Waals surface area (Å²) in [4.78, 5) is 0. The highest BCUT2D eigenvalue weighted by Crippen LogP contribution is 2.20. The molecule has 0 unspecified atom stereocenters. The lowest BCUT2D eigenvalue weighted by Crippen LogP contribution is -2.01. The molecule has 0 aliphatic rings. The maximum atomic E-state index is 12.9. The summed E-state index contributed by atoms with van der Waals surface area (Å²) in [5, 5.41) is 0.332. The first-order chi connectivity index (χ1) is 9.06. The second-order valence-corrected chi connectivity index (χ2v) is 6.25. The minimum Gasteiger partial charge on any atom is -0.259 e. The number of hydrogen-bond donors (Lipinski definition) is 0. The van der Waals surface area contributed by atoms with Crippen LogP contribution < -0.4 is 0 Å². The zero-order valence-corrected chi connectivity index (χ0v) is 12.1. The molecule has 0 saturated carbocycles. The van der Waals surface area contributed by atoms with E-state index in [2.05, 4.69) is 0 Å². The Morgan fingerprint density at radius 3 is 2.47 bits per heavy atom. The molecular formula is C15H14ClFOS. The van der Waals surface area contributed by atoms with Crippen molar-refractivity contribution < 1.29 is 8.60 Å². The summed E-state index contributed by atoms with van der Waals surface area (Å²) in [5.41, 5.74) is 2.91. The minimum atomic E-state index is -1.06. The van der Waals surface area contributed by atoms with Crippen molar-refractivity contribution >= 4 is 22.4 Å². The predicted octanol–water partition coefficient (Wildman–Crippen LogP) is 4.24. The first kappa shape index (κ1) is 14.2. The van der Waals surface area contributed by atoms with Gasteiger partial charge in [0, 0.05) is 21.6 Å². The van der Waals surface area contributed by atoms with Gasteiger partial charge >= 0.3 is 0 Å². The summed E-state index contributed by atoms with van der Waals surface area (Å²) in [6.45, 7) is 2.00. The van der Waals surface area contributed by atoms with Gasteiger partial charge in [0.1, 0.15) is 5.82 Å². The van der Waals surface area contributed by atoms with Gasteiger partial charge in [-0.3, -0.25) is 4.21 Å². The van der Waals surface area contributed by atoms with Gasteiger partial charge in [0.2, 0.25) is 0 Å². The van der Waals surface area contributed by atoms with Crippen molar-refractivity contribution in [2.24, 2.45) is 0 Å². The zero-order valence-electron chi connectivity index (χ0n) is 10.5. The van der Waals surface area contributed by atoms with Gasteiger partial charge in [-0.05, 0) is 35.7 Å². The Bertz CT molecular complexity index is 613. The van der Waals surface area contributed by atoms with Crippen molar-refractivity contribution in [1.29, 1.82) is 0 Å². The van der Waals surface area contributed by atoms with E-state index in [1.54, 1.807) is 6.07 Å². The maximum absolute atomic E-state index is 12.9. The van der Waals surface area contributed by atoms with Crippen molar-refractivity contribution in [2.45, 2.75) is 18.4 Å². The minimum absolute atomic E-state index is 0.332. The van der Waals surface area contributed by atoms with E-state index in [4.69, 9.17) is 11.6 Å². The first-order valence-corrected chi connectivity index (χ1v) is 7.76. The Hall–Kier alpha value is -1.19. The standard InChI is InChI=1S/C15H14ClFOS/c1-11-4-2-3-5-12(11)9-19(18)10-13-6-7-14(17)8-15(13)16/h2-8H,9-10H2,1H3/t19-/m0/s1. The van der Waals surface area contributed by atoms with E-state index in [0.29, 0.717) is 16.5 Å². The van der Waals surface area contributed by atoms with E-state index >= 15 is 0 Å². The third-order valence-corrected chi connectivity index (χ3v) is 4.53. The highest BCUT2D eigenvalue weighted by molar-refractivity contribution is 7.83. The lowest BCUT2D eigenvalue weighted by atomic mass is 10.1. The summed E-state index contributed by atoms with van der Waals surface area (Å²) in [6, 6.07) is 12.0. The van der Waals surface area contributed by atoms with Gasteiger partial charge in [0.25, 0.3) is 0 Å². The molecule has 0 aromatic heterocycles. The molecule has 2 aromatic rings. The Morgan fingerprint density at radius 1 is 1.11 bits per heavy atom. The Kier molecular flexibility index (Phi) is 4.72. The lowest BCUT2D eigenvalue weighted by molar-refractivity contribution is 0.627. The third kappa shape index (κ3) is 3.88. The van der Waals surface area contributed by atoms with Gasteiger partial charge in [0.15, 0.2) is 0 Å². The Labute approximate surface area is 119 Å². The second-order valence-electron chi connectivity index (χ2n) is 4.39. The van der Waals surface area contributed by atoms with Crippen LogP contribution in [-0.4, -0.2) is 4.21 Å². The van der Waals surface area contributed by atoms with Crippen molar-refractivity contribution in [3.63, 3.8) is 0 Å². The zero-order chi connectivity index (χ0) is 13.8. The lowest BCUT2D eigenvalue weighted by Gasteiger charge is -2.07. The molecule has 1 atom stereocenters. The monoisotopic (exact) mass is 296 g/mol. The molecule has 0 aliphatic heterocycles. The van der Waals surface area contributed by atoms with Crippen molar-refractivity contribution in [2.75, 3.05) is 0 Å². The molecule has 0 saturated heterocycles. The third-order valence-electron chi connectivity index (χ3n) is 2.91. The van der Waals surface area contributed by atoms with Crippen LogP contribution >= 0.6 is 11.6 Å². The summed E-state index contributed by atoms with van der Waals surface area (Å²) in [5.74, 6) is 0.451. The summed E-state index contributed by atoms with van der Waals surface area (Å²) in [6.07, 6.45) is 0. The normalized spacial score (nSPS) is 12.4. The summed E-state index contributed by atoms with van der Waals surface area (Å²) in [7, 11) is -1.06. The fourth-order valence-corrected chi connectivity index (χ4v) is 3.49. The molecule has 19 heavy (non-hydrogen) atoms. The largest absolute Gasteiger partial charge is 0.259 e. The van der Waals surface area contributed by atoms with Crippen LogP contribution in [-0.2, 0) is 22.3 Å². The molecular weight excluding hydrogens is 283 g/mol.